The number of benzene rings is 2. The van der Waals surface area contributed by atoms with E-state index in [9.17, 15) is 0 Å². The molecule has 0 unspecified atom stereocenters. The third kappa shape index (κ3) is 3.79. The van der Waals surface area contributed by atoms with Crippen LogP contribution in [0.5, 0.6) is 11.5 Å². The first-order chi connectivity index (χ1) is 13.2. The van der Waals surface area contributed by atoms with Gasteiger partial charge in [0.15, 0.2) is 6.61 Å². The van der Waals surface area contributed by atoms with E-state index in [2.05, 4.69) is 20.3 Å². The average Bonchev–Trinajstić information content (AvgIpc) is 3.36. The number of hydrogen-bond acceptors (Lipinski definition) is 8. The molecule has 136 valence electrons. The van der Waals surface area contributed by atoms with E-state index in [1.54, 1.807) is 14.0 Å². The van der Waals surface area contributed by atoms with E-state index in [0.29, 0.717) is 29.2 Å². The van der Waals surface area contributed by atoms with Crippen LogP contribution in [0.1, 0.15) is 11.8 Å². The molecule has 0 radical (unpaired) electrons. The Bertz CT molecular complexity index is 1040. The number of aryl methyl sites for hydroxylation is 1. The zero-order valence-corrected chi connectivity index (χ0v) is 14.7. The van der Waals surface area contributed by atoms with Crippen molar-refractivity contribution < 1.29 is 18.5 Å². The van der Waals surface area contributed by atoms with Crippen molar-refractivity contribution >= 4 is 0 Å². The predicted molar refractivity (Wildman–Crippen MR) is 95.1 cm³/mol. The molecule has 4 aromatic rings. The molecule has 8 heteroatoms. The standard InChI is InChI=1S/C19H16N4O4/c1-12-20-18(22-26-12)13-6-8-15(9-7-13)25-11-17-21-19(23-27-17)14-4-3-5-16(10-14)24-2/h3-10H,11H2,1-2H3. The molecule has 0 aliphatic rings. The second kappa shape index (κ2) is 7.28. The van der Waals surface area contributed by atoms with Gasteiger partial charge < -0.3 is 18.5 Å². The number of rotatable bonds is 6. The summed E-state index contributed by atoms with van der Waals surface area (Å²) in [6, 6.07) is 14.8. The van der Waals surface area contributed by atoms with Gasteiger partial charge in [-0.25, -0.2) is 0 Å². The Kier molecular flexibility index (Phi) is 4.52. The van der Waals surface area contributed by atoms with E-state index < -0.39 is 0 Å². The van der Waals surface area contributed by atoms with Gasteiger partial charge in [-0.3, -0.25) is 0 Å². The topological polar surface area (TPSA) is 96.3 Å². The molecule has 27 heavy (non-hydrogen) atoms. The zero-order valence-electron chi connectivity index (χ0n) is 14.7. The van der Waals surface area contributed by atoms with Gasteiger partial charge in [0.25, 0.3) is 5.89 Å². The number of ether oxygens (including phenoxy) is 2. The first-order valence-electron chi connectivity index (χ1n) is 8.22. The third-order valence-electron chi connectivity index (χ3n) is 3.80. The normalized spacial score (nSPS) is 10.7. The van der Waals surface area contributed by atoms with Crippen LogP contribution in [0.4, 0.5) is 0 Å². The number of aromatic nitrogens is 4. The molecule has 0 aliphatic carbocycles. The summed E-state index contributed by atoms with van der Waals surface area (Å²) >= 11 is 0. The van der Waals surface area contributed by atoms with E-state index in [-0.39, 0.29) is 6.61 Å². The molecular weight excluding hydrogens is 348 g/mol. The number of nitrogens with zero attached hydrogens (tertiary/aromatic N) is 4. The SMILES string of the molecule is COc1cccc(-c2noc(COc3ccc(-c4noc(C)n4)cc3)n2)c1. The molecule has 0 saturated carbocycles. The van der Waals surface area contributed by atoms with Crippen LogP contribution in [-0.2, 0) is 6.61 Å². The second-order valence-electron chi connectivity index (χ2n) is 5.69. The Labute approximate surface area is 154 Å². The van der Waals surface area contributed by atoms with Crippen molar-refractivity contribution in [1.82, 2.24) is 20.3 Å². The molecule has 0 N–H and O–H groups in total. The van der Waals surface area contributed by atoms with E-state index in [4.69, 9.17) is 18.5 Å². The first-order valence-corrected chi connectivity index (χ1v) is 8.22. The summed E-state index contributed by atoms with van der Waals surface area (Å²) in [5, 5.41) is 7.87. The van der Waals surface area contributed by atoms with Gasteiger partial charge in [-0.1, -0.05) is 22.4 Å². The predicted octanol–water partition coefficient (Wildman–Crippen LogP) is 3.68. The smallest absolute Gasteiger partial charge is 0.264 e. The zero-order chi connectivity index (χ0) is 18.6. The van der Waals surface area contributed by atoms with Crippen LogP contribution >= 0.6 is 0 Å². The van der Waals surface area contributed by atoms with Crippen molar-refractivity contribution in [3.63, 3.8) is 0 Å². The lowest BCUT2D eigenvalue weighted by Gasteiger charge is -2.03. The highest BCUT2D eigenvalue weighted by molar-refractivity contribution is 5.57. The van der Waals surface area contributed by atoms with E-state index in [1.165, 1.54) is 0 Å². The molecule has 2 heterocycles. The first kappa shape index (κ1) is 16.8. The van der Waals surface area contributed by atoms with Crippen molar-refractivity contribution in [1.29, 1.82) is 0 Å². The second-order valence-corrected chi connectivity index (χ2v) is 5.69. The fourth-order valence-corrected chi connectivity index (χ4v) is 2.45. The van der Waals surface area contributed by atoms with Gasteiger partial charge in [-0.05, 0) is 36.4 Å². The van der Waals surface area contributed by atoms with Crippen LogP contribution in [0, 0.1) is 6.92 Å². The Morgan fingerprint density at radius 1 is 0.852 bits per heavy atom. The van der Waals surface area contributed by atoms with Crippen molar-refractivity contribution in [2.24, 2.45) is 0 Å². The Balaban J connectivity index is 1.41. The van der Waals surface area contributed by atoms with Gasteiger partial charge in [-0.15, -0.1) is 0 Å². The van der Waals surface area contributed by atoms with Crippen LogP contribution in [0.25, 0.3) is 22.8 Å². The molecule has 0 saturated heterocycles. The lowest BCUT2D eigenvalue weighted by Crippen LogP contribution is -1.95. The molecule has 0 bridgehead atoms. The average molecular weight is 364 g/mol. The largest absolute Gasteiger partial charge is 0.497 e. The molecule has 0 amide bonds. The maximum absolute atomic E-state index is 5.70. The van der Waals surface area contributed by atoms with Crippen LogP contribution in [-0.4, -0.2) is 27.4 Å². The van der Waals surface area contributed by atoms with E-state index >= 15 is 0 Å². The lowest BCUT2D eigenvalue weighted by atomic mass is 10.2. The Hall–Kier alpha value is -3.68. The summed E-state index contributed by atoms with van der Waals surface area (Å²) in [6.45, 7) is 1.91. The summed E-state index contributed by atoms with van der Waals surface area (Å²) in [5.41, 5.74) is 1.65. The summed E-state index contributed by atoms with van der Waals surface area (Å²) < 4.78 is 21.1. The molecule has 2 aromatic carbocycles. The summed E-state index contributed by atoms with van der Waals surface area (Å²) in [7, 11) is 1.61. The lowest BCUT2D eigenvalue weighted by molar-refractivity contribution is 0.243. The molecule has 0 atom stereocenters. The molecular formula is C19H16N4O4. The minimum atomic E-state index is 0.164. The van der Waals surface area contributed by atoms with Crippen LogP contribution in [0.3, 0.4) is 0 Å². The van der Waals surface area contributed by atoms with E-state index in [1.807, 2.05) is 48.5 Å². The molecule has 0 fully saturated rings. The molecule has 0 aliphatic heterocycles. The highest BCUT2D eigenvalue weighted by Gasteiger charge is 2.11. The van der Waals surface area contributed by atoms with Crippen LogP contribution in [0.2, 0.25) is 0 Å². The van der Waals surface area contributed by atoms with E-state index in [0.717, 1.165) is 16.9 Å². The fraction of sp³-hybridized carbons (Fsp3) is 0.158. The van der Waals surface area contributed by atoms with Gasteiger partial charge in [-0.2, -0.15) is 9.97 Å². The summed E-state index contributed by atoms with van der Waals surface area (Å²) in [5.74, 6) is 3.32. The minimum absolute atomic E-state index is 0.164. The van der Waals surface area contributed by atoms with Gasteiger partial charge >= 0.3 is 0 Å². The summed E-state index contributed by atoms with van der Waals surface area (Å²) in [6.07, 6.45) is 0. The quantitative estimate of drug-likeness (QED) is 0.511. The van der Waals surface area contributed by atoms with Crippen molar-refractivity contribution in [3.8, 4) is 34.3 Å². The summed E-state index contributed by atoms with van der Waals surface area (Å²) in [4.78, 5) is 8.54. The van der Waals surface area contributed by atoms with Gasteiger partial charge in [0.05, 0.1) is 7.11 Å². The molecule has 2 aromatic heterocycles. The van der Waals surface area contributed by atoms with Gasteiger partial charge in [0.1, 0.15) is 11.5 Å². The van der Waals surface area contributed by atoms with Crippen LogP contribution in [0.15, 0.2) is 57.6 Å². The highest BCUT2D eigenvalue weighted by atomic mass is 16.5. The minimum Gasteiger partial charge on any atom is -0.497 e. The van der Waals surface area contributed by atoms with Crippen molar-refractivity contribution in [2.75, 3.05) is 7.11 Å². The van der Waals surface area contributed by atoms with Crippen molar-refractivity contribution in [3.05, 3.63) is 60.3 Å². The molecule has 8 nitrogen and oxygen atoms in total. The van der Waals surface area contributed by atoms with Gasteiger partial charge in [0, 0.05) is 18.1 Å². The molecule has 4 rings (SSSR count). The fourth-order valence-electron chi connectivity index (χ4n) is 2.45. The maximum atomic E-state index is 5.70. The van der Waals surface area contributed by atoms with Gasteiger partial charge in [0.2, 0.25) is 17.5 Å². The number of methoxy groups -OCH3 is 1. The third-order valence-corrected chi connectivity index (χ3v) is 3.80. The molecule has 0 spiro atoms. The highest BCUT2D eigenvalue weighted by Crippen LogP contribution is 2.23. The Morgan fingerprint density at radius 2 is 1.63 bits per heavy atom. The monoisotopic (exact) mass is 364 g/mol. The van der Waals surface area contributed by atoms with Crippen molar-refractivity contribution in [2.45, 2.75) is 13.5 Å². The van der Waals surface area contributed by atoms with Crippen LogP contribution < -0.4 is 9.47 Å². The Morgan fingerprint density at radius 3 is 2.37 bits per heavy atom. The maximum Gasteiger partial charge on any atom is 0.264 e. The number of hydrogen-bond donors (Lipinski definition) is 0.